The van der Waals surface area contributed by atoms with E-state index >= 15 is 0 Å². The van der Waals surface area contributed by atoms with Gasteiger partial charge in [0.25, 0.3) is 11.6 Å². The van der Waals surface area contributed by atoms with Crippen LogP contribution in [0.5, 0.6) is 0 Å². The predicted molar refractivity (Wildman–Crippen MR) is 79.8 cm³/mol. The van der Waals surface area contributed by atoms with E-state index in [4.69, 9.17) is 5.84 Å². The van der Waals surface area contributed by atoms with Crippen molar-refractivity contribution in [3.05, 3.63) is 33.9 Å². The summed E-state index contributed by atoms with van der Waals surface area (Å²) in [4.78, 5) is 24.9. The molecule has 1 amide bonds. The minimum atomic E-state index is -0.547. The molecule has 1 heterocycles. The molecule has 0 aromatic heterocycles. The minimum Gasteiger partial charge on any atom is -0.336 e. The second-order valence-electron chi connectivity index (χ2n) is 5.62. The first-order chi connectivity index (χ1) is 9.93. The van der Waals surface area contributed by atoms with Gasteiger partial charge in [0.15, 0.2) is 0 Å². The number of piperidine rings is 1. The highest BCUT2D eigenvalue weighted by molar-refractivity contribution is 5.96. The van der Waals surface area contributed by atoms with Crippen molar-refractivity contribution in [2.45, 2.75) is 32.7 Å². The van der Waals surface area contributed by atoms with Crippen molar-refractivity contribution in [1.82, 2.24) is 4.90 Å². The van der Waals surface area contributed by atoms with Gasteiger partial charge in [-0.2, -0.15) is 0 Å². The first-order valence-electron chi connectivity index (χ1n) is 7.00. The normalized spacial score (nSPS) is 22.0. The molecular formula is C14H20N4O3. The lowest BCUT2D eigenvalue weighted by Crippen LogP contribution is -2.44. The zero-order valence-electron chi connectivity index (χ0n) is 12.2. The van der Waals surface area contributed by atoms with Crippen molar-refractivity contribution in [1.29, 1.82) is 0 Å². The van der Waals surface area contributed by atoms with Crippen molar-refractivity contribution in [3.63, 3.8) is 0 Å². The summed E-state index contributed by atoms with van der Waals surface area (Å²) in [6.07, 6.45) is 2.05. The van der Waals surface area contributed by atoms with Gasteiger partial charge in [-0.05, 0) is 37.8 Å². The maximum atomic E-state index is 12.6. The number of nitro groups is 1. The van der Waals surface area contributed by atoms with Crippen LogP contribution >= 0.6 is 0 Å². The molecule has 7 heteroatoms. The number of nitrogens with zero attached hydrogens (tertiary/aromatic N) is 2. The summed E-state index contributed by atoms with van der Waals surface area (Å²) in [7, 11) is 0. The van der Waals surface area contributed by atoms with E-state index in [1.165, 1.54) is 12.1 Å². The largest absolute Gasteiger partial charge is 0.336 e. The van der Waals surface area contributed by atoms with Crippen LogP contribution < -0.4 is 11.3 Å². The first kappa shape index (κ1) is 15.2. The van der Waals surface area contributed by atoms with Crippen LogP contribution in [0.15, 0.2) is 18.2 Å². The van der Waals surface area contributed by atoms with Crippen molar-refractivity contribution in [2.24, 2.45) is 11.8 Å². The van der Waals surface area contributed by atoms with Crippen molar-refractivity contribution >= 4 is 17.3 Å². The molecule has 1 aromatic carbocycles. The second kappa shape index (κ2) is 6.09. The van der Waals surface area contributed by atoms with E-state index in [1.54, 1.807) is 11.0 Å². The average molecular weight is 292 g/mol. The van der Waals surface area contributed by atoms with Crippen LogP contribution in [0.2, 0.25) is 0 Å². The van der Waals surface area contributed by atoms with Crippen LogP contribution in [0.4, 0.5) is 11.4 Å². The van der Waals surface area contributed by atoms with Crippen LogP contribution in [0, 0.1) is 16.0 Å². The van der Waals surface area contributed by atoms with Gasteiger partial charge in [0.2, 0.25) is 0 Å². The number of rotatable bonds is 3. The molecular weight excluding hydrogens is 272 g/mol. The summed E-state index contributed by atoms with van der Waals surface area (Å²) in [5.41, 5.74) is 2.59. The Balaban J connectivity index is 2.30. The molecule has 0 saturated carbocycles. The summed E-state index contributed by atoms with van der Waals surface area (Å²) in [6.45, 7) is 4.80. The minimum absolute atomic E-state index is 0.153. The number of carbonyl (C=O) groups is 1. The third-order valence-electron chi connectivity index (χ3n) is 3.98. The molecule has 0 radical (unpaired) electrons. The third-order valence-corrected chi connectivity index (χ3v) is 3.98. The lowest BCUT2D eigenvalue weighted by atomic mass is 9.94. The fourth-order valence-electron chi connectivity index (χ4n) is 2.68. The maximum absolute atomic E-state index is 12.6. The van der Waals surface area contributed by atoms with Gasteiger partial charge in [-0.1, -0.05) is 6.92 Å². The van der Waals surface area contributed by atoms with E-state index < -0.39 is 4.92 Å². The number of hydrogen-bond acceptors (Lipinski definition) is 5. The van der Waals surface area contributed by atoms with Crippen molar-refractivity contribution in [2.75, 3.05) is 12.0 Å². The fourth-order valence-corrected chi connectivity index (χ4v) is 2.68. The Kier molecular flexibility index (Phi) is 4.42. The molecule has 1 saturated heterocycles. The van der Waals surface area contributed by atoms with Crippen LogP contribution in [-0.4, -0.2) is 28.3 Å². The highest BCUT2D eigenvalue weighted by atomic mass is 16.6. The Morgan fingerprint density at radius 3 is 2.76 bits per heavy atom. The second-order valence-corrected chi connectivity index (χ2v) is 5.62. The van der Waals surface area contributed by atoms with Crippen molar-refractivity contribution in [3.8, 4) is 0 Å². The van der Waals surface area contributed by atoms with E-state index in [0.717, 1.165) is 12.8 Å². The van der Waals surface area contributed by atoms with Gasteiger partial charge < -0.3 is 10.3 Å². The van der Waals surface area contributed by atoms with Gasteiger partial charge >= 0.3 is 0 Å². The summed E-state index contributed by atoms with van der Waals surface area (Å²) in [6, 6.07) is 4.46. The number of nitrogen functional groups attached to an aromatic ring is 1. The number of hydrogen-bond donors (Lipinski definition) is 2. The SMILES string of the molecule is CC1CCC(C)N(C(=O)c2ccc(NN)c([N+](=O)[O-])c2)C1. The number of nitrogens with one attached hydrogen (secondary N) is 1. The zero-order chi connectivity index (χ0) is 15.6. The van der Waals surface area contributed by atoms with E-state index in [0.29, 0.717) is 18.0 Å². The summed E-state index contributed by atoms with van der Waals surface area (Å²) < 4.78 is 0. The smallest absolute Gasteiger partial charge is 0.294 e. The number of nitro benzene ring substituents is 1. The number of hydrazine groups is 1. The van der Waals surface area contributed by atoms with Crippen LogP contribution in [0.3, 0.4) is 0 Å². The van der Waals surface area contributed by atoms with Gasteiger partial charge in [0.1, 0.15) is 5.69 Å². The molecule has 1 aliphatic rings. The molecule has 2 atom stereocenters. The number of anilines is 1. The Hall–Kier alpha value is -2.15. The van der Waals surface area contributed by atoms with Crippen LogP contribution in [0.1, 0.15) is 37.0 Å². The van der Waals surface area contributed by atoms with Crippen LogP contribution in [0.25, 0.3) is 0 Å². The Bertz CT molecular complexity index is 561. The lowest BCUT2D eigenvalue weighted by Gasteiger charge is -2.36. The van der Waals surface area contributed by atoms with Crippen molar-refractivity contribution < 1.29 is 9.72 Å². The van der Waals surface area contributed by atoms with Gasteiger partial charge in [0, 0.05) is 24.2 Å². The topological polar surface area (TPSA) is 102 Å². The van der Waals surface area contributed by atoms with E-state index in [-0.39, 0.29) is 23.3 Å². The maximum Gasteiger partial charge on any atom is 0.294 e. The summed E-state index contributed by atoms with van der Waals surface area (Å²) in [5.74, 6) is 5.53. The number of carbonyl (C=O) groups excluding carboxylic acids is 1. The van der Waals surface area contributed by atoms with Gasteiger partial charge in [-0.15, -0.1) is 0 Å². The Labute approximate surface area is 123 Å². The third kappa shape index (κ3) is 3.13. The number of amides is 1. The Morgan fingerprint density at radius 1 is 1.43 bits per heavy atom. The molecule has 3 N–H and O–H groups in total. The Morgan fingerprint density at radius 2 is 2.14 bits per heavy atom. The highest BCUT2D eigenvalue weighted by Crippen LogP contribution is 2.28. The van der Waals surface area contributed by atoms with Gasteiger partial charge in [-0.25, -0.2) is 0 Å². The molecule has 1 aliphatic heterocycles. The number of benzene rings is 1. The molecule has 0 aliphatic carbocycles. The lowest BCUT2D eigenvalue weighted by molar-refractivity contribution is -0.384. The molecule has 7 nitrogen and oxygen atoms in total. The van der Waals surface area contributed by atoms with Gasteiger partial charge in [0.05, 0.1) is 4.92 Å². The standard InChI is InChI=1S/C14H20N4O3/c1-9-3-4-10(2)17(8-9)14(19)11-5-6-12(16-15)13(7-11)18(20)21/h5-7,9-10,16H,3-4,8,15H2,1-2H3. The highest BCUT2D eigenvalue weighted by Gasteiger charge is 2.28. The summed E-state index contributed by atoms with van der Waals surface area (Å²) in [5, 5.41) is 11.0. The molecule has 1 fully saturated rings. The molecule has 114 valence electrons. The molecule has 1 aromatic rings. The first-order valence-corrected chi connectivity index (χ1v) is 7.00. The van der Waals surface area contributed by atoms with E-state index in [1.807, 2.05) is 6.92 Å². The molecule has 2 unspecified atom stereocenters. The van der Waals surface area contributed by atoms with E-state index in [2.05, 4.69) is 12.3 Å². The quantitative estimate of drug-likeness (QED) is 0.505. The monoisotopic (exact) mass is 292 g/mol. The molecule has 0 spiro atoms. The zero-order valence-corrected chi connectivity index (χ0v) is 12.2. The molecule has 0 bridgehead atoms. The molecule has 21 heavy (non-hydrogen) atoms. The summed E-state index contributed by atoms with van der Waals surface area (Å²) >= 11 is 0. The predicted octanol–water partition coefficient (Wildman–Crippen LogP) is 2.14. The number of nitrogens with two attached hydrogens (primary N) is 1. The fraction of sp³-hybridized carbons (Fsp3) is 0.500. The molecule has 2 rings (SSSR count). The van der Waals surface area contributed by atoms with Gasteiger partial charge in [-0.3, -0.25) is 20.8 Å². The van der Waals surface area contributed by atoms with E-state index in [9.17, 15) is 14.9 Å². The van der Waals surface area contributed by atoms with Crippen LogP contribution in [-0.2, 0) is 0 Å². The average Bonchev–Trinajstić information content (AvgIpc) is 2.48. The number of likely N-dealkylation sites (tertiary alicyclic amines) is 1.